The van der Waals surface area contributed by atoms with Gasteiger partial charge in [0.15, 0.2) is 0 Å². The number of nitrogens with one attached hydrogen (secondary N) is 1. The minimum Gasteiger partial charge on any atom is -0.435 e. The molecule has 0 aliphatic heterocycles. The van der Waals surface area contributed by atoms with Crippen molar-refractivity contribution in [2.75, 3.05) is 13.6 Å². The van der Waals surface area contributed by atoms with Crippen LogP contribution < -0.4 is 4.74 Å². The van der Waals surface area contributed by atoms with E-state index < -0.39 is 12.5 Å². The van der Waals surface area contributed by atoms with Crippen molar-refractivity contribution in [3.05, 3.63) is 36.0 Å². The van der Waals surface area contributed by atoms with Gasteiger partial charge in [-0.15, -0.1) is 0 Å². The first-order valence-electron chi connectivity index (χ1n) is 6.24. The molecule has 114 valence electrons. The molecular formula is C14H12F2N4O2. The minimum atomic E-state index is -2.93. The van der Waals surface area contributed by atoms with Gasteiger partial charge < -0.3 is 9.64 Å². The van der Waals surface area contributed by atoms with E-state index in [1.807, 2.05) is 6.07 Å². The standard InChI is InChI=1S/C14H12F2N4O2/c1-20(6-5-17)13(21)11-8-18-19-12(11)9-3-2-4-10(7-9)22-14(15)16/h2-4,7-8,14H,6H2,1H3,(H,18,19). The van der Waals surface area contributed by atoms with E-state index in [-0.39, 0.29) is 17.9 Å². The molecule has 1 amide bonds. The number of amides is 1. The van der Waals surface area contributed by atoms with Crippen molar-refractivity contribution in [1.29, 1.82) is 5.26 Å². The van der Waals surface area contributed by atoms with Crippen LogP contribution in [0.5, 0.6) is 5.75 Å². The Labute approximate surface area is 124 Å². The first kappa shape index (κ1) is 15.4. The van der Waals surface area contributed by atoms with E-state index >= 15 is 0 Å². The van der Waals surface area contributed by atoms with Crippen molar-refractivity contribution in [2.45, 2.75) is 6.61 Å². The molecule has 0 aliphatic rings. The second kappa shape index (κ2) is 6.67. The number of alkyl halides is 2. The topological polar surface area (TPSA) is 82.0 Å². The van der Waals surface area contributed by atoms with Gasteiger partial charge >= 0.3 is 6.61 Å². The maximum atomic E-state index is 12.3. The zero-order valence-electron chi connectivity index (χ0n) is 11.6. The molecule has 0 aliphatic carbocycles. The van der Waals surface area contributed by atoms with Crippen LogP contribution in [0.2, 0.25) is 0 Å². The van der Waals surface area contributed by atoms with Crippen LogP contribution in [0, 0.1) is 11.3 Å². The van der Waals surface area contributed by atoms with Crippen molar-refractivity contribution in [1.82, 2.24) is 15.1 Å². The molecule has 6 nitrogen and oxygen atoms in total. The van der Waals surface area contributed by atoms with E-state index in [1.165, 1.54) is 36.3 Å². The summed E-state index contributed by atoms with van der Waals surface area (Å²) in [6, 6.07) is 7.79. The van der Waals surface area contributed by atoms with Gasteiger partial charge in [-0.3, -0.25) is 9.89 Å². The fourth-order valence-electron chi connectivity index (χ4n) is 1.88. The summed E-state index contributed by atoms with van der Waals surface area (Å²) < 4.78 is 28.9. The summed E-state index contributed by atoms with van der Waals surface area (Å²) >= 11 is 0. The van der Waals surface area contributed by atoms with E-state index in [0.29, 0.717) is 11.3 Å². The van der Waals surface area contributed by atoms with Crippen molar-refractivity contribution in [2.24, 2.45) is 0 Å². The number of benzene rings is 1. The molecule has 0 saturated carbocycles. The van der Waals surface area contributed by atoms with Gasteiger partial charge in [-0.25, -0.2) is 0 Å². The lowest BCUT2D eigenvalue weighted by Crippen LogP contribution is -2.27. The Bertz CT molecular complexity index is 709. The van der Waals surface area contributed by atoms with Gasteiger partial charge in [0.1, 0.15) is 12.3 Å². The SMILES string of the molecule is CN(CC#N)C(=O)c1cn[nH]c1-c1cccc(OC(F)F)c1. The fourth-order valence-corrected chi connectivity index (χ4v) is 1.88. The molecule has 1 heterocycles. The highest BCUT2D eigenvalue weighted by Crippen LogP contribution is 2.26. The maximum Gasteiger partial charge on any atom is 0.387 e. The molecule has 0 unspecified atom stereocenters. The third-order valence-corrected chi connectivity index (χ3v) is 2.87. The number of carbonyl (C=O) groups excluding carboxylic acids is 1. The molecule has 1 aromatic heterocycles. The summed E-state index contributed by atoms with van der Waals surface area (Å²) in [7, 11) is 1.48. The number of aromatic nitrogens is 2. The number of halogens is 2. The molecule has 1 aromatic carbocycles. The molecule has 0 saturated heterocycles. The Morgan fingerprint density at radius 3 is 3.00 bits per heavy atom. The maximum absolute atomic E-state index is 12.3. The second-order valence-corrected chi connectivity index (χ2v) is 4.38. The van der Waals surface area contributed by atoms with Gasteiger partial charge in [0, 0.05) is 12.6 Å². The smallest absolute Gasteiger partial charge is 0.387 e. The number of aromatic amines is 1. The predicted molar refractivity (Wildman–Crippen MR) is 73.2 cm³/mol. The van der Waals surface area contributed by atoms with Crippen molar-refractivity contribution in [3.8, 4) is 23.1 Å². The van der Waals surface area contributed by atoms with Gasteiger partial charge in [0.2, 0.25) is 0 Å². The van der Waals surface area contributed by atoms with Gasteiger partial charge in [0.25, 0.3) is 5.91 Å². The number of carbonyl (C=O) groups is 1. The van der Waals surface area contributed by atoms with Gasteiger partial charge in [-0.1, -0.05) is 12.1 Å². The number of rotatable bonds is 5. The molecule has 0 spiro atoms. The lowest BCUT2D eigenvalue weighted by Gasteiger charge is -2.13. The van der Waals surface area contributed by atoms with Crippen LogP contribution in [-0.4, -0.2) is 41.2 Å². The minimum absolute atomic E-state index is 0.0223. The highest BCUT2D eigenvalue weighted by Gasteiger charge is 2.19. The Morgan fingerprint density at radius 2 is 2.32 bits per heavy atom. The molecule has 0 bridgehead atoms. The summed E-state index contributed by atoms with van der Waals surface area (Å²) in [4.78, 5) is 13.4. The van der Waals surface area contributed by atoms with Crippen LogP contribution in [-0.2, 0) is 0 Å². The van der Waals surface area contributed by atoms with Gasteiger partial charge in [0.05, 0.1) is 23.5 Å². The van der Waals surface area contributed by atoms with E-state index in [4.69, 9.17) is 5.26 Å². The number of ether oxygens (including phenoxy) is 1. The first-order valence-corrected chi connectivity index (χ1v) is 6.24. The summed E-state index contributed by atoms with van der Waals surface area (Å²) in [5, 5.41) is 15.1. The molecular weight excluding hydrogens is 294 g/mol. The van der Waals surface area contributed by atoms with Crippen LogP contribution in [0.3, 0.4) is 0 Å². The Balaban J connectivity index is 2.33. The molecule has 1 N–H and O–H groups in total. The summed E-state index contributed by atoms with van der Waals surface area (Å²) in [6.45, 7) is -3.00. The number of hydrogen-bond donors (Lipinski definition) is 1. The largest absolute Gasteiger partial charge is 0.435 e. The Hall–Kier alpha value is -2.95. The zero-order chi connectivity index (χ0) is 16.1. The number of nitrogens with zero attached hydrogens (tertiary/aromatic N) is 3. The normalized spacial score (nSPS) is 10.3. The van der Waals surface area contributed by atoms with E-state index in [1.54, 1.807) is 6.07 Å². The zero-order valence-corrected chi connectivity index (χ0v) is 11.6. The molecule has 2 rings (SSSR count). The first-order chi connectivity index (χ1) is 10.5. The van der Waals surface area contributed by atoms with Gasteiger partial charge in [-0.2, -0.15) is 19.1 Å². The number of hydrogen-bond acceptors (Lipinski definition) is 4. The van der Waals surface area contributed by atoms with E-state index in [2.05, 4.69) is 14.9 Å². The molecule has 0 radical (unpaired) electrons. The van der Waals surface area contributed by atoms with Crippen LogP contribution in [0.15, 0.2) is 30.5 Å². The molecule has 0 fully saturated rings. The quantitative estimate of drug-likeness (QED) is 0.859. The van der Waals surface area contributed by atoms with Crippen LogP contribution >= 0.6 is 0 Å². The van der Waals surface area contributed by atoms with Crippen LogP contribution in [0.4, 0.5) is 8.78 Å². The average molecular weight is 306 g/mol. The second-order valence-electron chi connectivity index (χ2n) is 4.38. The summed E-state index contributed by atoms with van der Waals surface area (Å²) in [5.74, 6) is -0.420. The fraction of sp³-hybridized carbons (Fsp3) is 0.214. The molecule has 22 heavy (non-hydrogen) atoms. The average Bonchev–Trinajstić information content (AvgIpc) is 2.95. The highest BCUT2D eigenvalue weighted by molar-refractivity contribution is 5.99. The van der Waals surface area contributed by atoms with Crippen molar-refractivity contribution >= 4 is 5.91 Å². The summed E-state index contributed by atoms with van der Waals surface area (Å²) in [5.41, 5.74) is 1.09. The Morgan fingerprint density at radius 1 is 1.55 bits per heavy atom. The number of H-pyrrole nitrogens is 1. The highest BCUT2D eigenvalue weighted by atomic mass is 19.3. The van der Waals surface area contributed by atoms with Crippen molar-refractivity contribution in [3.63, 3.8) is 0 Å². The lowest BCUT2D eigenvalue weighted by atomic mass is 10.1. The molecule has 2 aromatic rings. The Kier molecular flexibility index (Phi) is 4.68. The third kappa shape index (κ3) is 3.38. The van der Waals surface area contributed by atoms with Crippen LogP contribution in [0.1, 0.15) is 10.4 Å². The van der Waals surface area contributed by atoms with E-state index in [9.17, 15) is 13.6 Å². The van der Waals surface area contributed by atoms with Crippen LogP contribution in [0.25, 0.3) is 11.3 Å². The monoisotopic (exact) mass is 306 g/mol. The number of nitriles is 1. The lowest BCUT2D eigenvalue weighted by molar-refractivity contribution is -0.0498. The van der Waals surface area contributed by atoms with Crippen molar-refractivity contribution < 1.29 is 18.3 Å². The summed E-state index contributed by atoms with van der Waals surface area (Å²) in [6.07, 6.45) is 1.33. The van der Waals surface area contributed by atoms with E-state index in [0.717, 1.165) is 0 Å². The van der Waals surface area contributed by atoms with Gasteiger partial charge in [-0.05, 0) is 12.1 Å². The third-order valence-electron chi connectivity index (χ3n) is 2.87. The molecule has 0 atom stereocenters. The molecule has 8 heteroatoms. The predicted octanol–water partition coefficient (Wildman–Crippen LogP) is 2.27.